The monoisotopic (exact) mass is 433 g/mol. The Balaban J connectivity index is 1.39. The first kappa shape index (κ1) is 21.3. The Morgan fingerprint density at radius 2 is 1.81 bits per heavy atom. The van der Waals surface area contributed by atoms with Crippen LogP contribution in [0.1, 0.15) is 11.4 Å². The SMILES string of the molecule is COc1cc(CN2C[C@@H](F)[C@@H](OCc3nc4ccc(F)cc4[nH]3)C2)cc(OC)c1OC. The van der Waals surface area contributed by atoms with Gasteiger partial charge in [-0.05, 0) is 35.9 Å². The van der Waals surface area contributed by atoms with Gasteiger partial charge < -0.3 is 23.9 Å². The first-order valence-electron chi connectivity index (χ1n) is 9.91. The number of aromatic amines is 1. The third-order valence-electron chi connectivity index (χ3n) is 5.33. The van der Waals surface area contributed by atoms with E-state index in [-0.39, 0.29) is 19.0 Å². The second kappa shape index (κ2) is 9.07. The molecular formula is C22H25F2N3O4. The molecule has 31 heavy (non-hydrogen) atoms. The Kier molecular flexibility index (Phi) is 6.24. The molecule has 1 aliphatic rings. The van der Waals surface area contributed by atoms with Gasteiger partial charge in [-0.25, -0.2) is 13.8 Å². The van der Waals surface area contributed by atoms with Crippen molar-refractivity contribution in [2.45, 2.75) is 25.4 Å². The zero-order chi connectivity index (χ0) is 22.0. The van der Waals surface area contributed by atoms with Crippen molar-refractivity contribution in [1.82, 2.24) is 14.9 Å². The van der Waals surface area contributed by atoms with Crippen LogP contribution >= 0.6 is 0 Å². The normalized spacial score (nSPS) is 19.1. The van der Waals surface area contributed by atoms with Gasteiger partial charge in [0.15, 0.2) is 11.5 Å². The first-order chi connectivity index (χ1) is 15.0. The van der Waals surface area contributed by atoms with E-state index < -0.39 is 12.3 Å². The number of likely N-dealkylation sites (tertiary alicyclic amines) is 1. The average Bonchev–Trinajstić information content (AvgIpc) is 3.33. The number of H-pyrrole nitrogens is 1. The zero-order valence-electron chi connectivity index (χ0n) is 17.7. The number of nitrogens with zero attached hydrogens (tertiary/aromatic N) is 2. The van der Waals surface area contributed by atoms with Crippen LogP contribution in [-0.4, -0.2) is 61.6 Å². The van der Waals surface area contributed by atoms with E-state index in [4.69, 9.17) is 18.9 Å². The molecule has 0 unspecified atom stereocenters. The molecule has 2 heterocycles. The molecule has 0 amide bonds. The molecule has 2 atom stereocenters. The Morgan fingerprint density at radius 1 is 1.06 bits per heavy atom. The van der Waals surface area contributed by atoms with E-state index in [0.29, 0.717) is 47.2 Å². The molecule has 3 aromatic rings. The van der Waals surface area contributed by atoms with Crippen LogP contribution in [0.25, 0.3) is 11.0 Å². The Morgan fingerprint density at radius 3 is 2.48 bits per heavy atom. The standard InChI is InChI=1S/C22H25F2N3O4/c1-28-18-6-13(7-19(29-2)22(18)30-3)9-27-10-15(24)20(11-27)31-12-21-25-16-5-4-14(23)8-17(16)26-21/h4-8,15,20H,9-12H2,1-3H3,(H,25,26)/t15-,20+/m1/s1. The number of nitrogens with one attached hydrogen (secondary N) is 1. The molecule has 0 spiro atoms. The van der Waals surface area contributed by atoms with Gasteiger partial charge in [0.05, 0.1) is 32.4 Å². The van der Waals surface area contributed by atoms with Crippen LogP contribution in [-0.2, 0) is 17.9 Å². The summed E-state index contributed by atoms with van der Waals surface area (Å²) in [5.74, 6) is 1.83. The molecule has 2 aromatic carbocycles. The van der Waals surface area contributed by atoms with E-state index in [9.17, 15) is 8.78 Å². The summed E-state index contributed by atoms with van der Waals surface area (Å²) >= 11 is 0. The Labute approximate surface area is 178 Å². The topological polar surface area (TPSA) is 68.8 Å². The molecule has 7 nitrogen and oxygen atoms in total. The minimum atomic E-state index is -1.12. The molecule has 0 aliphatic carbocycles. The van der Waals surface area contributed by atoms with Gasteiger partial charge in [0, 0.05) is 19.6 Å². The van der Waals surface area contributed by atoms with Crippen LogP contribution < -0.4 is 14.2 Å². The molecule has 0 radical (unpaired) electrons. The predicted molar refractivity (Wildman–Crippen MR) is 111 cm³/mol. The highest BCUT2D eigenvalue weighted by molar-refractivity contribution is 5.74. The van der Waals surface area contributed by atoms with Crippen LogP contribution in [0.3, 0.4) is 0 Å². The van der Waals surface area contributed by atoms with Crippen LogP contribution in [0.5, 0.6) is 17.2 Å². The lowest BCUT2D eigenvalue weighted by atomic mass is 10.1. The van der Waals surface area contributed by atoms with Gasteiger partial charge in [0.25, 0.3) is 0 Å². The lowest BCUT2D eigenvalue weighted by Crippen LogP contribution is -2.24. The molecule has 9 heteroatoms. The molecule has 0 saturated carbocycles. The van der Waals surface area contributed by atoms with Crippen LogP contribution in [0.15, 0.2) is 30.3 Å². The third-order valence-corrected chi connectivity index (χ3v) is 5.33. The van der Waals surface area contributed by atoms with Crippen molar-refractivity contribution in [2.24, 2.45) is 0 Å². The summed E-state index contributed by atoms with van der Waals surface area (Å²) in [6, 6.07) is 8.03. The van der Waals surface area contributed by atoms with Crippen LogP contribution in [0.4, 0.5) is 8.78 Å². The van der Waals surface area contributed by atoms with Crippen molar-refractivity contribution in [3.8, 4) is 17.2 Å². The summed E-state index contributed by atoms with van der Waals surface area (Å²) < 4.78 is 49.8. The average molecular weight is 433 g/mol. The zero-order valence-corrected chi connectivity index (χ0v) is 17.7. The quantitative estimate of drug-likeness (QED) is 0.587. The summed E-state index contributed by atoms with van der Waals surface area (Å²) in [5.41, 5.74) is 2.15. The molecular weight excluding hydrogens is 408 g/mol. The van der Waals surface area contributed by atoms with E-state index >= 15 is 0 Å². The van der Waals surface area contributed by atoms with Gasteiger partial charge in [-0.2, -0.15) is 0 Å². The highest BCUT2D eigenvalue weighted by Crippen LogP contribution is 2.38. The predicted octanol–water partition coefficient (Wildman–Crippen LogP) is 3.47. The maximum Gasteiger partial charge on any atom is 0.203 e. The minimum absolute atomic E-state index is 0.124. The molecule has 4 rings (SSSR count). The summed E-state index contributed by atoms with van der Waals surface area (Å²) in [7, 11) is 4.67. The number of aromatic nitrogens is 2. The van der Waals surface area contributed by atoms with Gasteiger partial charge in [-0.15, -0.1) is 0 Å². The summed E-state index contributed by atoms with van der Waals surface area (Å²) in [6.07, 6.45) is -1.70. The number of halogens is 2. The summed E-state index contributed by atoms with van der Waals surface area (Å²) in [6.45, 7) is 1.33. The van der Waals surface area contributed by atoms with Crippen LogP contribution in [0, 0.1) is 5.82 Å². The molecule has 1 fully saturated rings. The fourth-order valence-corrected chi connectivity index (χ4v) is 3.87. The number of hydrogen-bond acceptors (Lipinski definition) is 6. The van der Waals surface area contributed by atoms with Gasteiger partial charge in [0.2, 0.25) is 5.75 Å². The maximum absolute atomic E-state index is 14.6. The molecule has 1 aliphatic heterocycles. The fraction of sp³-hybridized carbons (Fsp3) is 0.409. The molecule has 1 N–H and O–H groups in total. The largest absolute Gasteiger partial charge is 0.493 e. The Bertz CT molecular complexity index is 1030. The molecule has 1 aromatic heterocycles. The maximum atomic E-state index is 14.6. The second-order valence-corrected chi connectivity index (χ2v) is 7.44. The third kappa shape index (κ3) is 4.57. The number of fused-ring (bicyclic) bond motifs is 1. The number of methoxy groups -OCH3 is 3. The van der Waals surface area contributed by atoms with Gasteiger partial charge in [0.1, 0.15) is 30.5 Å². The van der Waals surface area contributed by atoms with Gasteiger partial charge in [-0.3, -0.25) is 4.90 Å². The van der Waals surface area contributed by atoms with Crippen molar-refractivity contribution >= 4 is 11.0 Å². The van der Waals surface area contributed by atoms with E-state index in [1.165, 1.54) is 12.1 Å². The highest BCUT2D eigenvalue weighted by atomic mass is 19.1. The van der Waals surface area contributed by atoms with Crippen molar-refractivity contribution in [2.75, 3.05) is 34.4 Å². The highest BCUT2D eigenvalue weighted by Gasteiger charge is 2.34. The number of alkyl halides is 1. The number of benzene rings is 2. The van der Waals surface area contributed by atoms with Gasteiger partial charge >= 0.3 is 0 Å². The van der Waals surface area contributed by atoms with Crippen LogP contribution in [0.2, 0.25) is 0 Å². The first-order valence-corrected chi connectivity index (χ1v) is 9.91. The fourth-order valence-electron chi connectivity index (χ4n) is 3.87. The van der Waals surface area contributed by atoms with Gasteiger partial charge in [-0.1, -0.05) is 0 Å². The van der Waals surface area contributed by atoms with E-state index in [1.54, 1.807) is 27.4 Å². The smallest absolute Gasteiger partial charge is 0.203 e. The minimum Gasteiger partial charge on any atom is -0.493 e. The lowest BCUT2D eigenvalue weighted by molar-refractivity contribution is 0.00863. The second-order valence-electron chi connectivity index (χ2n) is 7.44. The molecule has 0 bridgehead atoms. The van der Waals surface area contributed by atoms with Crippen molar-refractivity contribution in [1.29, 1.82) is 0 Å². The number of ether oxygens (including phenoxy) is 4. The van der Waals surface area contributed by atoms with Crippen molar-refractivity contribution < 1.29 is 27.7 Å². The van der Waals surface area contributed by atoms with Crippen molar-refractivity contribution in [3.63, 3.8) is 0 Å². The molecule has 1 saturated heterocycles. The van der Waals surface area contributed by atoms with E-state index in [1.807, 2.05) is 17.0 Å². The summed E-state index contributed by atoms with van der Waals surface area (Å²) in [5, 5.41) is 0. The van der Waals surface area contributed by atoms with E-state index in [0.717, 1.165) is 5.56 Å². The number of imidazole rings is 1. The van der Waals surface area contributed by atoms with E-state index in [2.05, 4.69) is 9.97 Å². The van der Waals surface area contributed by atoms with Crippen molar-refractivity contribution in [3.05, 3.63) is 47.5 Å². The molecule has 166 valence electrons. The number of rotatable bonds is 8. The lowest BCUT2D eigenvalue weighted by Gasteiger charge is -2.18. The number of hydrogen-bond donors (Lipinski definition) is 1. The Hall–Kier alpha value is -2.91. The summed E-state index contributed by atoms with van der Waals surface area (Å²) in [4.78, 5) is 9.34.